The van der Waals surface area contributed by atoms with E-state index in [9.17, 15) is 10.1 Å². The maximum atomic E-state index is 9.78. The van der Waals surface area contributed by atoms with Gasteiger partial charge in [-0.3, -0.25) is 10.1 Å². The molecule has 2 N–H and O–H groups in total. The monoisotopic (exact) mass is 244 g/mol. The van der Waals surface area contributed by atoms with Crippen LogP contribution in [-0.4, -0.2) is 24.0 Å². The predicted octanol–water partition coefficient (Wildman–Crippen LogP) is 1.24. The van der Waals surface area contributed by atoms with Crippen LogP contribution in [0.4, 0.5) is 0 Å². The highest BCUT2D eigenvalue weighted by Crippen LogP contribution is 1.98. The minimum Gasteiger partial charge on any atom is -0.370 e. The minimum atomic E-state index is -0.525. The van der Waals surface area contributed by atoms with Gasteiger partial charge in [0.05, 0.1) is 4.92 Å². The Morgan fingerprint density at radius 1 is 1.50 bits per heavy atom. The van der Waals surface area contributed by atoms with Gasteiger partial charge in [0.15, 0.2) is 5.82 Å². The highest BCUT2D eigenvalue weighted by Gasteiger charge is 1.93. The lowest BCUT2D eigenvalue weighted by Crippen LogP contribution is -2.20. The van der Waals surface area contributed by atoms with Gasteiger partial charge in [0.1, 0.15) is 5.15 Å². The Morgan fingerprint density at radius 2 is 2.12 bits per heavy atom. The molecule has 0 amide bonds. The first kappa shape index (κ1) is 14.2. The molecule has 1 rings (SSSR count). The number of aromatic nitrogens is 1. The Hall–Kier alpha value is -1.82. The summed E-state index contributed by atoms with van der Waals surface area (Å²) >= 11 is 5.43. The van der Waals surface area contributed by atoms with E-state index in [-0.39, 0.29) is 0 Å². The molecule has 0 saturated carbocycles. The third-order valence-corrected chi connectivity index (χ3v) is 1.63. The zero-order valence-electron chi connectivity index (χ0n) is 8.98. The van der Waals surface area contributed by atoms with Crippen LogP contribution in [-0.2, 0) is 0 Å². The number of halogens is 1. The molecule has 0 unspecified atom stereocenters. The molecule has 0 radical (unpaired) electrons. The molecule has 0 aliphatic heterocycles. The number of nitrogens with zero attached hydrogens (tertiary/aromatic N) is 2. The number of hydrogen-bond donors (Lipinski definition) is 2. The maximum Gasteiger partial charge on any atom is 0.274 e. The first-order valence-corrected chi connectivity index (χ1v) is 4.75. The van der Waals surface area contributed by atoms with Gasteiger partial charge in [0.25, 0.3) is 6.20 Å². The van der Waals surface area contributed by atoms with E-state index in [1.165, 1.54) is 0 Å². The molecule has 0 aliphatic carbocycles. The number of hydrogen-bond acceptors (Lipinski definition) is 5. The average Bonchev–Trinajstić information content (AvgIpc) is 2.27. The van der Waals surface area contributed by atoms with E-state index >= 15 is 0 Å². The Morgan fingerprint density at radius 3 is 2.31 bits per heavy atom. The smallest absolute Gasteiger partial charge is 0.274 e. The molecule has 0 bridgehead atoms. The summed E-state index contributed by atoms with van der Waals surface area (Å²) in [5.74, 6) is 0.389. The third-order valence-electron chi connectivity index (χ3n) is 1.40. The van der Waals surface area contributed by atoms with E-state index in [1.807, 2.05) is 12.1 Å². The lowest BCUT2D eigenvalue weighted by atomic mass is 10.5. The summed E-state index contributed by atoms with van der Waals surface area (Å²) in [6.45, 7) is 0. The van der Waals surface area contributed by atoms with Crippen LogP contribution in [0.1, 0.15) is 0 Å². The summed E-state index contributed by atoms with van der Waals surface area (Å²) in [5, 5.41) is 15.5. The Bertz CT molecular complexity index is 337. The van der Waals surface area contributed by atoms with Crippen molar-refractivity contribution in [2.24, 2.45) is 0 Å². The summed E-state index contributed by atoms with van der Waals surface area (Å²) in [4.78, 5) is 13.0. The zero-order valence-corrected chi connectivity index (χ0v) is 9.73. The van der Waals surface area contributed by atoms with Gasteiger partial charge in [-0.05, 0) is 12.1 Å². The summed E-state index contributed by atoms with van der Waals surface area (Å²) in [6, 6.07) is 5.41. The molecule has 0 atom stereocenters. The van der Waals surface area contributed by atoms with Crippen molar-refractivity contribution in [1.29, 1.82) is 0 Å². The standard InChI is InChI=1S/C5H4ClN.C4H9N3O2/c6-5-3-1-2-4-7-5;1-5-4(6-2)3-7(8)9/h1-4H;3,5-6H,1-2H3. The van der Waals surface area contributed by atoms with E-state index < -0.39 is 4.92 Å². The zero-order chi connectivity index (χ0) is 12.4. The van der Waals surface area contributed by atoms with Crippen LogP contribution < -0.4 is 10.6 Å². The first-order valence-electron chi connectivity index (χ1n) is 4.37. The summed E-state index contributed by atoms with van der Waals surface area (Å²) < 4.78 is 0. The van der Waals surface area contributed by atoms with Crippen molar-refractivity contribution in [1.82, 2.24) is 15.6 Å². The van der Waals surface area contributed by atoms with Crippen LogP contribution in [0.2, 0.25) is 5.15 Å². The number of rotatable bonds is 3. The number of nitrogens with one attached hydrogen (secondary N) is 2. The number of pyridine rings is 1. The molecular formula is C9H13ClN4O2. The average molecular weight is 245 g/mol. The van der Waals surface area contributed by atoms with Crippen LogP contribution in [0, 0.1) is 10.1 Å². The van der Waals surface area contributed by atoms with E-state index in [1.54, 1.807) is 26.4 Å². The summed E-state index contributed by atoms with van der Waals surface area (Å²) in [6.07, 6.45) is 2.52. The van der Waals surface area contributed by atoms with Crippen molar-refractivity contribution in [2.75, 3.05) is 14.1 Å². The SMILES string of the molecule is CNC(=C[N+](=O)[O-])NC.Clc1ccccn1. The van der Waals surface area contributed by atoms with E-state index in [0.717, 1.165) is 6.20 Å². The van der Waals surface area contributed by atoms with Crippen molar-refractivity contribution in [3.05, 3.63) is 51.7 Å². The predicted molar refractivity (Wildman–Crippen MR) is 62.4 cm³/mol. The van der Waals surface area contributed by atoms with Crippen molar-refractivity contribution in [3.63, 3.8) is 0 Å². The van der Waals surface area contributed by atoms with Crippen LogP contribution in [0.25, 0.3) is 0 Å². The first-order chi connectivity index (χ1) is 7.60. The molecule has 0 aliphatic rings. The van der Waals surface area contributed by atoms with Gasteiger partial charge >= 0.3 is 0 Å². The van der Waals surface area contributed by atoms with E-state index in [0.29, 0.717) is 11.0 Å². The molecule has 0 saturated heterocycles. The Balaban J connectivity index is 0.000000288. The molecule has 6 nitrogen and oxygen atoms in total. The minimum absolute atomic E-state index is 0.389. The van der Waals surface area contributed by atoms with Crippen molar-refractivity contribution >= 4 is 11.6 Å². The van der Waals surface area contributed by atoms with Gasteiger partial charge in [-0.25, -0.2) is 4.98 Å². The second-order valence-electron chi connectivity index (χ2n) is 2.48. The lowest BCUT2D eigenvalue weighted by Gasteiger charge is -1.98. The van der Waals surface area contributed by atoms with E-state index in [4.69, 9.17) is 11.6 Å². The van der Waals surface area contributed by atoms with Gasteiger partial charge < -0.3 is 10.6 Å². The van der Waals surface area contributed by atoms with Crippen LogP contribution in [0.3, 0.4) is 0 Å². The lowest BCUT2D eigenvalue weighted by molar-refractivity contribution is -0.404. The van der Waals surface area contributed by atoms with Gasteiger partial charge in [-0.1, -0.05) is 17.7 Å². The molecule has 1 aromatic rings. The molecule has 0 spiro atoms. The number of nitro groups is 1. The van der Waals surface area contributed by atoms with Crippen molar-refractivity contribution in [3.8, 4) is 0 Å². The Kier molecular flexibility index (Phi) is 7.52. The summed E-state index contributed by atoms with van der Waals surface area (Å²) in [7, 11) is 3.21. The van der Waals surface area contributed by atoms with Gasteiger partial charge in [0.2, 0.25) is 0 Å². The fourth-order valence-electron chi connectivity index (χ4n) is 0.701. The van der Waals surface area contributed by atoms with Gasteiger partial charge in [0, 0.05) is 20.3 Å². The van der Waals surface area contributed by atoms with Crippen molar-refractivity contribution in [2.45, 2.75) is 0 Å². The molecule has 1 heterocycles. The molecule has 16 heavy (non-hydrogen) atoms. The highest BCUT2D eigenvalue weighted by atomic mass is 35.5. The molecule has 7 heteroatoms. The van der Waals surface area contributed by atoms with Crippen LogP contribution in [0.5, 0.6) is 0 Å². The second-order valence-corrected chi connectivity index (χ2v) is 2.87. The third kappa shape index (κ3) is 7.57. The van der Waals surface area contributed by atoms with Gasteiger partial charge in [-0.2, -0.15) is 0 Å². The van der Waals surface area contributed by atoms with Crippen LogP contribution >= 0.6 is 11.6 Å². The molecular weight excluding hydrogens is 232 g/mol. The highest BCUT2D eigenvalue weighted by molar-refractivity contribution is 6.29. The van der Waals surface area contributed by atoms with E-state index in [2.05, 4.69) is 15.6 Å². The molecule has 88 valence electrons. The van der Waals surface area contributed by atoms with Crippen LogP contribution in [0.15, 0.2) is 36.4 Å². The fraction of sp³-hybridized carbons (Fsp3) is 0.222. The Labute approximate surface area is 98.5 Å². The quantitative estimate of drug-likeness (QED) is 0.475. The second kappa shape index (κ2) is 8.49. The largest absolute Gasteiger partial charge is 0.370 e. The molecule has 0 fully saturated rings. The topological polar surface area (TPSA) is 80.1 Å². The van der Waals surface area contributed by atoms with Gasteiger partial charge in [-0.15, -0.1) is 0 Å². The normalized spacial score (nSPS) is 8.19. The maximum absolute atomic E-state index is 9.78. The fourth-order valence-corrected chi connectivity index (χ4v) is 0.831. The molecule has 0 aromatic carbocycles. The molecule has 1 aromatic heterocycles. The summed E-state index contributed by atoms with van der Waals surface area (Å²) in [5.41, 5.74) is 0. The van der Waals surface area contributed by atoms with Crippen molar-refractivity contribution < 1.29 is 4.92 Å².